The highest BCUT2D eigenvalue weighted by molar-refractivity contribution is 9.10. The van der Waals surface area contributed by atoms with E-state index < -0.39 is 0 Å². The Balaban J connectivity index is 1.92. The lowest BCUT2D eigenvalue weighted by atomic mass is 10.1. The number of halogens is 3. The zero-order chi connectivity index (χ0) is 20.0. The maximum absolute atomic E-state index is 12.2. The van der Waals surface area contributed by atoms with Crippen LogP contribution in [0.4, 0.5) is 5.69 Å². The van der Waals surface area contributed by atoms with Crippen LogP contribution in [0.3, 0.4) is 0 Å². The average Bonchev–Trinajstić information content (AvgIpc) is 2.58. The summed E-state index contributed by atoms with van der Waals surface area (Å²) in [5, 5.41) is 3.55. The largest absolute Gasteiger partial charge is 0.481 e. The van der Waals surface area contributed by atoms with E-state index in [0.29, 0.717) is 38.8 Å². The Morgan fingerprint density at radius 3 is 2.59 bits per heavy atom. The molecule has 0 unspecified atom stereocenters. The normalized spacial score (nSPS) is 10.4. The molecule has 2 aromatic rings. The predicted octanol–water partition coefficient (Wildman–Crippen LogP) is 4.79. The summed E-state index contributed by atoms with van der Waals surface area (Å²) in [4.78, 5) is 25.4. The molecule has 1 N–H and O–H groups in total. The Kier molecular flexibility index (Phi) is 7.95. The molecule has 0 atom stereocenters. The number of carbonyl (C=O) groups is 2. The van der Waals surface area contributed by atoms with Crippen molar-refractivity contribution in [3.63, 3.8) is 0 Å². The van der Waals surface area contributed by atoms with Gasteiger partial charge in [0.15, 0.2) is 12.4 Å². The molecule has 8 heteroatoms. The maximum atomic E-state index is 12.2. The molecule has 2 aromatic carbocycles. The van der Waals surface area contributed by atoms with E-state index in [9.17, 15) is 9.59 Å². The van der Waals surface area contributed by atoms with Gasteiger partial charge in [-0.15, -0.1) is 0 Å². The fraction of sp³-hybridized carbons (Fsp3) is 0.263. The van der Waals surface area contributed by atoms with Gasteiger partial charge in [-0.05, 0) is 52.2 Å². The SMILES string of the molecule is CN(C)C(=O)CCc1cccc(NC(=O)COc2c(Cl)cc(Cl)cc2Br)c1. The van der Waals surface area contributed by atoms with E-state index >= 15 is 0 Å². The van der Waals surface area contributed by atoms with Crippen LogP contribution in [0.5, 0.6) is 5.75 Å². The van der Waals surface area contributed by atoms with Gasteiger partial charge in [0.1, 0.15) is 0 Å². The number of aryl methyl sites for hydroxylation is 1. The second-order valence-corrected chi connectivity index (χ2v) is 7.72. The summed E-state index contributed by atoms with van der Waals surface area (Å²) in [5.74, 6) is 0.0878. The van der Waals surface area contributed by atoms with Crippen molar-refractivity contribution in [1.29, 1.82) is 0 Å². The second kappa shape index (κ2) is 9.97. The Morgan fingerprint density at radius 2 is 1.93 bits per heavy atom. The van der Waals surface area contributed by atoms with E-state index in [4.69, 9.17) is 27.9 Å². The van der Waals surface area contributed by atoms with Crippen LogP contribution >= 0.6 is 39.1 Å². The van der Waals surface area contributed by atoms with Crippen LogP contribution in [0.15, 0.2) is 40.9 Å². The summed E-state index contributed by atoms with van der Waals surface area (Å²) >= 11 is 15.3. The first-order chi connectivity index (χ1) is 12.8. The topological polar surface area (TPSA) is 58.6 Å². The van der Waals surface area contributed by atoms with E-state index in [1.165, 1.54) is 0 Å². The lowest BCUT2D eigenvalue weighted by Crippen LogP contribution is -2.22. The summed E-state index contributed by atoms with van der Waals surface area (Å²) < 4.78 is 6.06. The van der Waals surface area contributed by atoms with Gasteiger partial charge in [-0.2, -0.15) is 0 Å². The summed E-state index contributed by atoms with van der Waals surface area (Å²) in [6.45, 7) is -0.205. The molecule has 0 aliphatic rings. The highest BCUT2D eigenvalue weighted by Gasteiger charge is 2.12. The van der Waals surface area contributed by atoms with Crippen molar-refractivity contribution in [2.24, 2.45) is 0 Å². The predicted molar refractivity (Wildman–Crippen MR) is 112 cm³/mol. The van der Waals surface area contributed by atoms with Crippen molar-refractivity contribution < 1.29 is 14.3 Å². The van der Waals surface area contributed by atoms with Gasteiger partial charge in [0.25, 0.3) is 5.91 Å². The Labute approximate surface area is 176 Å². The number of rotatable bonds is 7. The van der Waals surface area contributed by atoms with Crippen molar-refractivity contribution in [3.05, 3.63) is 56.5 Å². The van der Waals surface area contributed by atoms with Crippen LogP contribution in [-0.2, 0) is 16.0 Å². The molecule has 0 heterocycles. The number of nitrogens with zero attached hydrogens (tertiary/aromatic N) is 1. The second-order valence-electron chi connectivity index (χ2n) is 6.02. The minimum atomic E-state index is -0.325. The van der Waals surface area contributed by atoms with Crippen molar-refractivity contribution in [2.45, 2.75) is 12.8 Å². The third kappa shape index (κ3) is 6.72. The number of carbonyl (C=O) groups excluding carboxylic acids is 2. The first-order valence-electron chi connectivity index (χ1n) is 8.12. The third-order valence-electron chi connectivity index (χ3n) is 3.65. The van der Waals surface area contributed by atoms with Gasteiger partial charge in [-0.1, -0.05) is 35.3 Å². The molecular weight excluding hydrogens is 455 g/mol. The number of amides is 2. The Hall–Kier alpha value is -1.76. The minimum absolute atomic E-state index is 0.0586. The van der Waals surface area contributed by atoms with E-state index in [0.717, 1.165) is 5.56 Å². The van der Waals surface area contributed by atoms with Gasteiger partial charge in [-0.3, -0.25) is 9.59 Å². The molecule has 0 aliphatic carbocycles. The van der Waals surface area contributed by atoms with Gasteiger partial charge in [0.05, 0.1) is 9.50 Å². The molecule has 144 valence electrons. The molecule has 2 rings (SSSR count). The fourth-order valence-corrected chi connectivity index (χ4v) is 3.65. The first kappa shape index (κ1) is 21.5. The lowest BCUT2D eigenvalue weighted by Gasteiger charge is -2.12. The van der Waals surface area contributed by atoms with E-state index in [1.807, 2.05) is 18.2 Å². The van der Waals surface area contributed by atoms with Gasteiger partial charge < -0.3 is 15.0 Å². The van der Waals surface area contributed by atoms with Crippen molar-refractivity contribution >= 4 is 56.6 Å². The summed E-state index contributed by atoms with van der Waals surface area (Å²) in [7, 11) is 3.45. The molecule has 0 radical (unpaired) electrons. The summed E-state index contributed by atoms with van der Waals surface area (Å²) in [5.41, 5.74) is 1.60. The molecule has 0 saturated carbocycles. The molecule has 27 heavy (non-hydrogen) atoms. The molecular formula is C19H19BrCl2N2O3. The average molecular weight is 474 g/mol. The molecule has 0 spiro atoms. The van der Waals surface area contributed by atoms with Crippen molar-refractivity contribution in [3.8, 4) is 5.75 Å². The fourth-order valence-electron chi connectivity index (χ4n) is 2.28. The van der Waals surface area contributed by atoms with Gasteiger partial charge in [-0.25, -0.2) is 0 Å². The van der Waals surface area contributed by atoms with Crippen LogP contribution in [0.1, 0.15) is 12.0 Å². The third-order valence-corrected chi connectivity index (χ3v) is 4.74. The number of nitrogens with one attached hydrogen (secondary N) is 1. The molecule has 0 saturated heterocycles. The molecule has 5 nitrogen and oxygen atoms in total. The van der Waals surface area contributed by atoms with Crippen molar-refractivity contribution in [1.82, 2.24) is 4.90 Å². The van der Waals surface area contributed by atoms with Gasteiger partial charge >= 0.3 is 0 Å². The lowest BCUT2D eigenvalue weighted by molar-refractivity contribution is -0.128. The zero-order valence-electron chi connectivity index (χ0n) is 14.9. The number of anilines is 1. The van der Waals surface area contributed by atoms with Gasteiger partial charge in [0.2, 0.25) is 5.91 Å². The molecule has 0 fully saturated rings. The molecule has 0 bridgehead atoms. The van der Waals surface area contributed by atoms with E-state index in [2.05, 4.69) is 21.2 Å². The standard InChI is InChI=1S/C19H19BrCl2N2O3/c1-24(2)18(26)7-6-12-4-3-5-14(8-12)23-17(25)11-27-19-15(20)9-13(21)10-16(19)22/h3-5,8-10H,6-7,11H2,1-2H3,(H,23,25). The Morgan fingerprint density at radius 1 is 1.19 bits per heavy atom. The molecule has 2 amide bonds. The van der Waals surface area contributed by atoms with Crippen LogP contribution in [0.2, 0.25) is 10.0 Å². The first-order valence-corrected chi connectivity index (χ1v) is 9.67. The monoisotopic (exact) mass is 472 g/mol. The van der Waals surface area contributed by atoms with Crippen LogP contribution < -0.4 is 10.1 Å². The zero-order valence-corrected chi connectivity index (χ0v) is 18.0. The van der Waals surface area contributed by atoms with Crippen LogP contribution in [0.25, 0.3) is 0 Å². The summed E-state index contributed by atoms with van der Waals surface area (Å²) in [6, 6.07) is 10.5. The molecule has 0 aromatic heterocycles. The highest BCUT2D eigenvalue weighted by Crippen LogP contribution is 2.36. The van der Waals surface area contributed by atoms with E-state index in [-0.39, 0.29) is 18.4 Å². The number of ether oxygens (including phenoxy) is 1. The Bertz CT molecular complexity index is 820. The van der Waals surface area contributed by atoms with E-state index in [1.54, 1.807) is 37.2 Å². The molecule has 0 aliphatic heterocycles. The quantitative estimate of drug-likeness (QED) is 0.628. The smallest absolute Gasteiger partial charge is 0.262 e. The van der Waals surface area contributed by atoms with Crippen molar-refractivity contribution in [2.75, 3.05) is 26.0 Å². The maximum Gasteiger partial charge on any atom is 0.262 e. The number of hydrogen-bond donors (Lipinski definition) is 1. The number of hydrogen-bond acceptors (Lipinski definition) is 3. The van der Waals surface area contributed by atoms with Crippen LogP contribution in [-0.4, -0.2) is 37.4 Å². The highest BCUT2D eigenvalue weighted by atomic mass is 79.9. The number of benzene rings is 2. The minimum Gasteiger partial charge on any atom is -0.481 e. The van der Waals surface area contributed by atoms with Gasteiger partial charge in [0, 0.05) is 31.2 Å². The summed E-state index contributed by atoms with van der Waals surface area (Å²) in [6.07, 6.45) is 1.02. The van der Waals surface area contributed by atoms with Crippen LogP contribution in [0, 0.1) is 0 Å².